The second kappa shape index (κ2) is 10.0. The molecule has 2 aromatic carbocycles. The number of thioether (sulfide) groups is 1. The second-order valence-electron chi connectivity index (χ2n) is 6.46. The fourth-order valence-electron chi connectivity index (χ4n) is 2.82. The Bertz CT molecular complexity index is 933. The summed E-state index contributed by atoms with van der Waals surface area (Å²) in [6, 6.07) is 16.2. The molecule has 0 bridgehead atoms. The number of nitrogens with zero attached hydrogens (tertiary/aromatic N) is 1. The number of aliphatic hydroxyl groups is 1. The van der Waals surface area contributed by atoms with Crippen LogP contribution in [0.3, 0.4) is 0 Å². The maximum atomic E-state index is 12.7. The van der Waals surface area contributed by atoms with Crippen LogP contribution in [0.5, 0.6) is 0 Å². The number of amides is 2. The predicted molar refractivity (Wildman–Crippen MR) is 120 cm³/mol. The molecule has 1 atom stereocenters. The molecule has 1 aliphatic heterocycles. The van der Waals surface area contributed by atoms with Crippen molar-refractivity contribution in [2.45, 2.75) is 12.5 Å². The highest BCUT2D eigenvalue weighted by molar-refractivity contribution is 8.26. The first-order valence-corrected chi connectivity index (χ1v) is 10.5. The van der Waals surface area contributed by atoms with Gasteiger partial charge in [-0.05, 0) is 35.8 Å². The molecule has 1 heterocycles. The average Bonchev–Trinajstić information content (AvgIpc) is 2.97. The summed E-state index contributed by atoms with van der Waals surface area (Å²) in [5.74, 6) is -0.683. The van der Waals surface area contributed by atoms with Crippen LogP contribution in [-0.2, 0) is 16.0 Å². The van der Waals surface area contributed by atoms with E-state index in [1.165, 1.54) is 4.90 Å². The van der Waals surface area contributed by atoms with E-state index in [1.807, 2.05) is 30.3 Å². The van der Waals surface area contributed by atoms with E-state index in [1.54, 1.807) is 30.3 Å². The molecule has 0 aromatic heterocycles. The summed E-state index contributed by atoms with van der Waals surface area (Å²) < 4.78 is 0.328. The highest BCUT2D eigenvalue weighted by atomic mass is 35.5. The van der Waals surface area contributed by atoms with Gasteiger partial charge in [-0.25, -0.2) is 0 Å². The number of hydrogen-bond acceptors (Lipinski definition) is 5. The van der Waals surface area contributed by atoms with E-state index in [0.29, 0.717) is 20.7 Å². The number of carbonyl (C=O) groups excluding carboxylic acids is 2. The molecule has 2 aromatic rings. The van der Waals surface area contributed by atoms with Gasteiger partial charge in [0.25, 0.3) is 5.91 Å². The van der Waals surface area contributed by atoms with Gasteiger partial charge in [-0.15, -0.1) is 0 Å². The van der Waals surface area contributed by atoms with E-state index in [2.05, 4.69) is 5.32 Å². The Morgan fingerprint density at radius 3 is 2.55 bits per heavy atom. The van der Waals surface area contributed by atoms with E-state index >= 15 is 0 Å². The lowest BCUT2D eigenvalue weighted by Gasteiger charge is -2.19. The largest absolute Gasteiger partial charge is 0.394 e. The molecule has 1 fully saturated rings. The molecule has 8 heteroatoms. The molecular weight excluding hydrogens is 428 g/mol. The van der Waals surface area contributed by atoms with Gasteiger partial charge in [-0.1, -0.05) is 78.0 Å². The molecule has 29 heavy (non-hydrogen) atoms. The maximum absolute atomic E-state index is 12.7. The van der Waals surface area contributed by atoms with Crippen LogP contribution in [0.1, 0.15) is 11.1 Å². The summed E-state index contributed by atoms with van der Waals surface area (Å²) in [7, 11) is 0. The standard InChI is InChI=1S/C21H19ClN2O3S2/c22-16-8-6-15(7-9-16)11-18-20(27)24(21(28)29-18)12-19(26)23-17(13-25)10-14-4-2-1-3-5-14/h1-9,11,17,25H,10,12-13H2,(H,23,26)/b18-11-/t17-/m1/s1. The van der Waals surface area contributed by atoms with Crippen molar-refractivity contribution in [3.8, 4) is 0 Å². The van der Waals surface area contributed by atoms with Crippen LogP contribution in [-0.4, -0.2) is 45.3 Å². The molecule has 0 spiro atoms. The van der Waals surface area contributed by atoms with Gasteiger partial charge < -0.3 is 10.4 Å². The van der Waals surface area contributed by atoms with Crippen LogP contribution in [0, 0.1) is 0 Å². The third-order valence-corrected chi connectivity index (χ3v) is 5.88. The molecule has 1 aliphatic rings. The maximum Gasteiger partial charge on any atom is 0.266 e. The van der Waals surface area contributed by atoms with Gasteiger partial charge in [0.15, 0.2) is 0 Å². The molecule has 0 unspecified atom stereocenters. The van der Waals surface area contributed by atoms with Crippen LogP contribution >= 0.6 is 35.6 Å². The van der Waals surface area contributed by atoms with Crippen LogP contribution in [0.2, 0.25) is 5.02 Å². The third kappa shape index (κ3) is 5.90. The van der Waals surface area contributed by atoms with Crippen LogP contribution < -0.4 is 5.32 Å². The first kappa shape index (κ1) is 21.5. The van der Waals surface area contributed by atoms with Gasteiger partial charge in [0, 0.05) is 5.02 Å². The Morgan fingerprint density at radius 1 is 1.21 bits per heavy atom. The zero-order valence-electron chi connectivity index (χ0n) is 15.4. The number of aliphatic hydroxyl groups excluding tert-OH is 1. The number of benzene rings is 2. The molecule has 0 aliphatic carbocycles. The van der Waals surface area contributed by atoms with Crippen molar-refractivity contribution in [2.24, 2.45) is 0 Å². The van der Waals surface area contributed by atoms with E-state index in [4.69, 9.17) is 23.8 Å². The van der Waals surface area contributed by atoms with Crippen LogP contribution in [0.25, 0.3) is 6.08 Å². The zero-order valence-corrected chi connectivity index (χ0v) is 17.8. The number of thiocarbonyl (C=S) groups is 1. The fourth-order valence-corrected chi connectivity index (χ4v) is 4.20. The van der Waals surface area contributed by atoms with Crippen molar-refractivity contribution >= 4 is 57.8 Å². The van der Waals surface area contributed by atoms with Crippen molar-refractivity contribution < 1.29 is 14.7 Å². The zero-order chi connectivity index (χ0) is 20.8. The summed E-state index contributed by atoms with van der Waals surface area (Å²) in [6.45, 7) is -0.386. The summed E-state index contributed by atoms with van der Waals surface area (Å²) in [6.07, 6.45) is 2.22. The quantitative estimate of drug-likeness (QED) is 0.504. The smallest absolute Gasteiger partial charge is 0.266 e. The number of rotatable bonds is 7. The molecule has 150 valence electrons. The monoisotopic (exact) mass is 446 g/mol. The van der Waals surface area contributed by atoms with Crippen molar-refractivity contribution in [2.75, 3.05) is 13.2 Å². The minimum Gasteiger partial charge on any atom is -0.394 e. The Balaban J connectivity index is 1.61. The Kier molecular flexibility index (Phi) is 7.44. The van der Waals surface area contributed by atoms with Crippen molar-refractivity contribution in [1.29, 1.82) is 0 Å². The number of halogens is 1. The highest BCUT2D eigenvalue weighted by Crippen LogP contribution is 2.32. The van der Waals surface area contributed by atoms with Gasteiger partial charge in [0.1, 0.15) is 10.9 Å². The first-order valence-electron chi connectivity index (χ1n) is 8.91. The Labute approximate surface area is 183 Å². The molecule has 2 N–H and O–H groups in total. The van der Waals surface area contributed by atoms with E-state index in [9.17, 15) is 14.7 Å². The molecule has 0 saturated carbocycles. The SMILES string of the molecule is O=C(CN1C(=O)/C(=C/c2ccc(Cl)cc2)SC1=S)N[C@@H](CO)Cc1ccccc1. The van der Waals surface area contributed by atoms with Crippen molar-refractivity contribution in [3.63, 3.8) is 0 Å². The summed E-state index contributed by atoms with van der Waals surface area (Å²) in [5, 5.41) is 13.0. The summed E-state index contributed by atoms with van der Waals surface area (Å²) >= 11 is 12.3. The fraction of sp³-hybridized carbons (Fsp3) is 0.190. The molecule has 5 nitrogen and oxygen atoms in total. The average molecular weight is 447 g/mol. The minimum atomic E-state index is -0.437. The van der Waals surface area contributed by atoms with Gasteiger partial charge in [-0.2, -0.15) is 0 Å². The lowest BCUT2D eigenvalue weighted by atomic mass is 10.1. The molecule has 1 saturated heterocycles. The topological polar surface area (TPSA) is 69.6 Å². The lowest BCUT2D eigenvalue weighted by Crippen LogP contribution is -2.45. The van der Waals surface area contributed by atoms with Gasteiger partial charge in [0.05, 0.1) is 17.6 Å². The Hall–Kier alpha value is -2.19. The molecule has 3 rings (SSSR count). The van der Waals surface area contributed by atoms with Crippen LogP contribution in [0.15, 0.2) is 59.5 Å². The van der Waals surface area contributed by atoms with E-state index in [-0.39, 0.29) is 25.0 Å². The number of nitrogens with one attached hydrogen (secondary N) is 1. The molecule has 0 radical (unpaired) electrons. The molecule has 2 amide bonds. The number of carbonyl (C=O) groups is 2. The lowest BCUT2D eigenvalue weighted by molar-refractivity contribution is -0.129. The van der Waals surface area contributed by atoms with Crippen molar-refractivity contribution in [3.05, 3.63) is 75.7 Å². The number of hydrogen-bond donors (Lipinski definition) is 2. The summed E-state index contributed by atoms with van der Waals surface area (Å²) in [4.78, 5) is 26.8. The predicted octanol–water partition coefficient (Wildman–Crippen LogP) is 3.26. The van der Waals surface area contributed by atoms with Gasteiger partial charge in [0.2, 0.25) is 5.91 Å². The van der Waals surface area contributed by atoms with Gasteiger partial charge in [-0.3, -0.25) is 14.5 Å². The highest BCUT2D eigenvalue weighted by Gasteiger charge is 2.33. The van der Waals surface area contributed by atoms with Gasteiger partial charge >= 0.3 is 0 Å². The summed E-state index contributed by atoms with van der Waals surface area (Å²) in [5.41, 5.74) is 1.82. The minimum absolute atomic E-state index is 0.187. The van der Waals surface area contributed by atoms with Crippen molar-refractivity contribution in [1.82, 2.24) is 10.2 Å². The Morgan fingerprint density at radius 2 is 1.90 bits per heavy atom. The van der Waals surface area contributed by atoms with E-state index in [0.717, 1.165) is 22.9 Å². The molecular formula is C21H19ClN2O3S2. The normalized spacial score (nSPS) is 16.3. The second-order valence-corrected chi connectivity index (χ2v) is 8.57. The van der Waals surface area contributed by atoms with Crippen LogP contribution in [0.4, 0.5) is 0 Å². The third-order valence-electron chi connectivity index (χ3n) is 4.25. The van der Waals surface area contributed by atoms with E-state index < -0.39 is 6.04 Å². The first-order chi connectivity index (χ1) is 14.0.